The summed E-state index contributed by atoms with van der Waals surface area (Å²) in [6, 6.07) is 4.22. The summed E-state index contributed by atoms with van der Waals surface area (Å²) in [4.78, 5) is 1.34. The van der Waals surface area contributed by atoms with Crippen molar-refractivity contribution in [2.45, 2.75) is 20.0 Å². The number of nitrogens with one attached hydrogen (secondary N) is 1. The average molecular weight is 221 g/mol. The fourth-order valence-electron chi connectivity index (χ4n) is 1.56. The van der Waals surface area contributed by atoms with E-state index in [4.69, 9.17) is 0 Å². The summed E-state index contributed by atoms with van der Waals surface area (Å²) < 4.78 is 2.05. The molecule has 0 saturated carbocycles. The molecule has 4 heteroatoms. The second-order valence-electron chi connectivity index (χ2n) is 3.52. The lowest BCUT2D eigenvalue weighted by Gasteiger charge is -2.03. The summed E-state index contributed by atoms with van der Waals surface area (Å²) >= 11 is 1.77. The highest BCUT2D eigenvalue weighted by Gasteiger charge is 2.05. The second-order valence-corrected chi connectivity index (χ2v) is 4.55. The highest BCUT2D eigenvalue weighted by atomic mass is 32.1. The van der Waals surface area contributed by atoms with Gasteiger partial charge in [0.25, 0.3) is 0 Å². The molecule has 0 aliphatic carbocycles. The van der Waals surface area contributed by atoms with Gasteiger partial charge in [0.1, 0.15) is 0 Å². The summed E-state index contributed by atoms with van der Waals surface area (Å²) in [6.45, 7) is 3.89. The Morgan fingerprint density at radius 2 is 2.40 bits per heavy atom. The zero-order valence-corrected chi connectivity index (χ0v) is 9.84. The number of rotatable bonds is 4. The first-order chi connectivity index (χ1) is 7.31. The van der Waals surface area contributed by atoms with Crippen molar-refractivity contribution in [3.8, 4) is 0 Å². The van der Waals surface area contributed by atoms with Crippen molar-refractivity contribution in [2.75, 3.05) is 7.05 Å². The van der Waals surface area contributed by atoms with Gasteiger partial charge >= 0.3 is 0 Å². The molecule has 2 aromatic heterocycles. The lowest BCUT2D eigenvalue weighted by atomic mass is 10.2. The Labute approximate surface area is 93.7 Å². The van der Waals surface area contributed by atoms with Crippen molar-refractivity contribution in [3.05, 3.63) is 39.8 Å². The van der Waals surface area contributed by atoms with Crippen molar-refractivity contribution in [1.82, 2.24) is 15.1 Å². The van der Waals surface area contributed by atoms with Gasteiger partial charge in [0.05, 0.1) is 12.7 Å². The van der Waals surface area contributed by atoms with Crippen LogP contribution in [0, 0.1) is 6.92 Å². The highest BCUT2D eigenvalue weighted by Crippen LogP contribution is 2.13. The summed E-state index contributed by atoms with van der Waals surface area (Å²) in [7, 11) is 1.95. The third kappa shape index (κ3) is 2.27. The van der Waals surface area contributed by atoms with Gasteiger partial charge in [-0.1, -0.05) is 6.07 Å². The number of hydrogen-bond acceptors (Lipinski definition) is 3. The van der Waals surface area contributed by atoms with Crippen LogP contribution in [0.15, 0.2) is 23.7 Å². The van der Waals surface area contributed by atoms with Crippen LogP contribution in [-0.4, -0.2) is 16.8 Å². The molecule has 2 aromatic rings. The molecule has 0 fully saturated rings. The van der Waals surface area contributed by atoms with Crippen molar-refractivity contribution >= 4 is 11.3 Å². The first-order valence-corrected chi connectivity index (χ1v) is 5.87. The predicted octanol–water partition coefficient (Wildman–Crippen LogP) is 2.02. The standard InChI is InChI=1S/C11H15N3S/c1-9-10(6-12-2)7-13-14(9)8-11-4-3-5-15-11/h3-5,7,12H,6,8H2,1-2H3. The van der Waals surface area contributed by atoms with E-state index in [1.807, 2.05) is 13.2 Å². The van der Waals surface area contributed by atoms with E-state index in [2.05, 4.69) is 39.5 Å². The van der Waals surface area contributed by atoms with E-state index < -0.39 is 0 Å². The van der Waals surface area contributed by atoms with Gasteiger partial charge in [0.15, 0.2) is 0 Å². The Hall–Kier alpha value is -1.13. The SMILES string of the molecule is CNCc1cnn(Cc2cccs2)c1C. The van der Waals surface area contributed by atoms with Gasteiger partial charge in [-0.3, -0.25) is 4.68 Å². The zero-order chi connectivity index (χ0) is 10.7. The molecular formula is C11H15N3S. The number of thiophene rings is 1. The van der Waals surface area contributed by atoms with E-state index in [0.29, 0.717) is 0 Å². The van der Waals surface area contributed by atoms with Crippen molar-refractivity contribution in [3.63, 3.8) is 0 Å². The molecule has 0 aromatic carbocycles. The van der Waals surface area contributed by atoms with Crippen LogP contribution in [0.1, 0.15) is 16.1 Å². The van der Waals surface area contributed by atoms with Gasteiger partial charge in [-0.15, -0.1) is 11.3 Å². The Balaban J connectivity index is 2.15. The molecule has 2 rings (SSSR count). The molecule has 0 aliphatic rings. The third-order valence-electron chi connectivity index (χ3n) is 2.46. The van der Waals surface area contributed by atoms with E-state index in [0.717, 1.165) is 13.1 Å². The molecule has 0 saturated heterocycles. The lowest BCUT2D eigenvalue weighted by Crippen LogP contribution is -2.07. The summed E-state index contributed by atoms with van der Waals surface area (Å²) in [5.74, 6) is 0. The molecule has 0 unspecified atom stereocenters. The van der Waals surface area contributed by atoms with Gasteiger partial charge in [-0.25, -0.2) is 0 Å². The van der Waals surface area contributed by atoms with Crippen LogP contribution in [0.2, 0.25) is 0 Å². The molecule has 1 N–H and O–H groups in total. The molecule has 0 spiro atoms. The first-order valence-electron chi connectivity index (χ1n) is 4.99. The molecule has 3 nitrogen and oxygen atoms in total. The van der Waals surface area contributed by atoms with Crippen LogP contribution >= 0.6 is 11.3 Å². The number of nitrogens with zero attached hydrogens (tertiary/aromatic N) is 2. The minimum Gasteiger partial charge on any atom is -0.316 e. The number of aromatic nitrogens is 2. The molecule has 2 heterocycles. The van der Waals surface area contributed by atoms with Crippen LogP contribution in [0.5, 0.6) is 0 Å². The Morgan fingerprint density at radius 3 is 3.07 bits per heavy atom. The van der Waals surface area contributed by atoms with Crippen LogP contribution in [0.25, 0.3) is 0 Å². The topological polar surface area (TPSA) is 29.9 Å². The normalized spacial score (nSPS) is 10.8. The van der Waals surface area contributed by atoms with Gasteiger partial charge < -0.3 is 5.32 Å². The van der Waals surface area contributed by atoms with Crippen molar-refractivity contribution < 1.29 is 0 Å². The minimum atomic E-state index is 0.882. The van der Waals surface area contributed by atoms with Gasteiger partial charge in [-0.2, -0.15) is 5.10 Å². The van der Waals surface area contributed by atoms with Gasteiger partial charge in [-0.05, 0) is 25.4 Å². The monoisotopic (exact) mass is 221 g/mol. The molecule has 80 valence electrons. The fourth-order valence-corrected chi connectivity index (χ4v) is 2.24. The molecular weight excluding hydrogens is 206 g/mol. The van der Waals surface area contributed by atoms with Crippen LogP contribution in [0.3, 0.4) is 0 Å². The van der Waals surface area contributed by atoms with Crippen molar-refractivity contribution in [1.29, 1.82) is 0 Å². The molecule has 0 aliphatic heterocycles. The summed E-state index contributed by atoms with van der Waals surface area (Å²) in [5.41, 5.74) is 2.52. The maximum absolute atomic E-state index is 4.39. The molecule has 15 heavy (non-hydrogen) atoms. The largest absolute Gasteiger partial charge is 0.316 e. The minimum absolute atomic E-state index is 0.882. The predicted molar refractivity (Wildman–Crippen MR) is 63.1 cm³/mol. The highest BCUT2D eigenvalue weighted by molar-refractivity contribution is 7.09. The molecule has 0 radical (unpaired) electrons. The second kappa shape index (κ2) is 4.59. The fraction of sp³-hybridized carbons (Fsp3) is 0.364. The maximum Gasteiger partial charge on any atom is 0.0755 e. The van der Waals surface area contributed by atoms with Crippen LogP contribution in [0.4, 0.5) is 0 Å². The zero-order valence-electron chi connectivity index (χ0n) is 9.03. The van der Waals surface area contributed by atoms with Crippen molar-refractivity contribution in [2.24, 2.45) is 0 Å². The van der Waals surface area contributed by atoms with Crippen LogP contribution < -0.4 is 5.32 Å². The summed E-state index contributed by atoms with van der Waals surface area (Å²) in [6.07, 6.45) is 1.94. The average Bonchev–Trinajstić information content (AvgIpc) is 2.83. The lowest BCUT2D eigenvalue weighted by molar-refractivity contribution is 0.668. The Kier molecular flexibility index (Phi) is 3.18. The first kappa shape index (κ1) is 10.4. The van der Waals surface area contributed by atoms with E-state index in [-0.39, 0.29) is 0 Å². The van der Waals surface area contributed by atoms with Crippen LogP contribution in [-0.2, 0) is 13.1 Å². The smallest absolute Gasteiger partial charge is 0.0755 e. The van der Waals surface area contributed by atoms with Gasteiger partial charge in [0.2, 0.25) is 0 Å². The molecule has 0 amide bonds. The number of hydrogen-bond donors (Lipinski definition) is 1. The Bertz CT molecular complexity index is 417. The quantitative estimate of drug-likeness (QED) is 0.856. The van der Waals surface area contributed by atoms with E-state index in [1.165, 1.54) is 16.1 Å². The van der Waals surface area contributed by atoms with Gasteiger partial charge in [0, 0.05) is 22.7 Å². The van der Waals surface area contributed by atoms with E-state index >= 15 is 0 Å². The van der Waals surface area contributed by atoms with E-state index in [1.54, 1.807) is 11.3 Å². The maximum atomic E-state index is 4.39. The van der Waals surface area contributed by atoms with E-state index in [9.17, 15) is 0 Å². The summed E-state index contributed by atoms with van der Waals surface area (Å²) in [5, 5.41) is 9.64. The molecule has 0 bridgehead atoms. The third-order valence-corrected chi connectivity index (χ3v) is 3.32. The Morgan fingerprint density at radius 1 is 1.53 bits per heavy atom. The molecule has 0 atom stereocenters.